The number of nitrogens with zero attached hydrogens (tertiary/aromatic N) is 4. The van der Waals surface area contributed by atoms with E-state index in [-0.39, 0.29) is 23.0 Å². The van der Waals surface area contributed by atoms with Crippen molar-refractivity contribution in [1.29, 1.82) is 0 Å². The summed E-state index contributed by atoms with van der Waals surface area (Å²) in [6, 6.07) is 0. The molecule has 4 heterocycles. The summed E-state index contributed by atoms with van der Waals surface area (Å²) in [5, 5.41) is 21.3. The molecule has 0 bridgehead atoms. The van der Waals surface area contributed by atoms with Crippen molar-refractivity contribution in [2.45, 2.75) is 63.4 Å². The molecular formula is C18H29N4O5PS3Si. The minimum absolute atomic E-state index is 0.0413. The lowest BCUT2D eigenvalue weighted by Crippen LogP contribution is -2.49. The van der Waals surface area contributed by atoms with Gasteiger partial charge in [0.15, 0.2) is 30.4 Å². The number of aromatic hydroxyl groups is 1. The van der Waals surface area contributed by atoms with E-state index < -0.39 is 37.5 Å². The standard InChI is InChI=1S/C18H29N4O5PS3Si/c1-18(2,3)32(4,5)27-14-11(8-25-28(29)30-6-7-31-28)26-17(13(14)23)22-10-21-12-15(22)19-9-20-16(12)24/h9-11,13-14,17,23H,6-8H2,1-5H3,(H,19,20,24)/t11-,13-,14-,17-/m1/s1. The third kappa shape index (κ3) is 4.78. The molecule has 32 heavy (non-hydrogen) atoms. The lowest BCUT2D eigenvalue weighted by molar-refractivity contribution is -0.0456. The van der Waals surface area contributed by atoms with E-state index in [1.165, 1.54) is 12.7 Å². The summed E-state index contributed by atoms with van der Waals surface area (Å²) in [6.45, 7) is 11.0. The number of imidazole rings is 1. The molecule has 14 heteroatoms. The second-order valence-corrected chi connectivity index (χ2v) is 24.8. The van der Waals surface area contributed by atoms with Gasteiger partial charge in [-0.25, -0.2) is 9.97 Å². The van der Waals surface area contributed by atoms with Gasteiger partial charge in [0.2, 0.25) is 5.88 Å². The van der Waals surface area contributed by atoms with E-state index in [0.717, 1.165) is 11.5 Å². The fourth-order valence-electron chi connectivity index (χ4n) is 3.35. The average Bonchev–Trinajstić information content (AvgIpc) is 3.39. The van der Waals surface area contributed by atoms with Crippen LogP contribution < -0.4 is 0 Å². The highest BCUT2D eigenvalue weighted by atomic mass is 33.2. The second-order valence-electron chi connectivity index (χ2n) is 9.33. The molecule has 2 aromatic rings. The Balaban J connectivity index is 1.63. The first-order chi connectivity index (χ1) is 14.9. The molecule has 2 aliphatic rings. The van der Waals surface area contributed by atoms with Crippen molar-refractivity contribution in [2.75, 3.05) is 18.1 Å². The van der Waals surface area contributed by atoms with Gasteiger partial charge in [-0.05, 0) is 29.9 Å². The number of aliphatic hydroxyl groups is 1. The molecule has 2 N–H and O–H groups in total. The van der Waals surface area contributed by atoms with Gasteiger partial charge in [0.1, 0.15) is 24.6 Å². The van der Waals surface area contributed by atoms with Crippen LogP contribution in [0.1, 0.15) is 27.0 Å². The minimum Gasteiger partial charge on any atom is -0.492 e. The lowest BCUT2D eigenvalue weighted by atomic mass is 10.1. The highest BCUT2D eigenvalue weighted by molar-refractivity contribution is 9.00. The third-order valence-electron chi connectivity index (χ3n) is 6.14. The Hall–Kier alpha value is -0.243. The Morgan fingerprint density at radius 3 is 2.62 bits per heavy atom. The zero-order chi connectivity index (χ0) is 23.3. The minimum atomic E-state index is -2.22. The number of aliphatic hydroxyl groups excluding tert-OH is 1. The Bertz CT molecular complexity index is 1030. The van der Waals surface area contributed by atoms with Crippen molar-refractivity contribution < 1.29 is 23.9 Å². The van der Waals surface area contributed by atoms with Gasteiger partial charge in [0.25, 0.3) is 0 Å². The SMILES string of the molecule is CC(C)(C)[Si](C)(C)O[C@H]1[C@@H](O)[C@H](n2cnc3c(O)ncnc32)O[C@@H]1COP1(=S)SCCS1. The Kier molecular flexibility index (Phi) is 7.06. The maximum absolute atomic E-state index is 11.3. The molecule has 0 amide bonds. The number of fused-ring (bicyclic) bond motifs is 1. The second kappa shape index (κ2) is 9.08. The summed E-state index contributed by atoms with van der Waals surface area (Å²) in [5.41, 5.74) is 0.627. The highest BCUT2D eigenvalue weighted by Crippen LogP contribution is 2.74. The molecule has 0 aromatic carbocycles. The van der Waals surface area contributed by atoms with Crippen molar-refractivity contribution in [3.8, 4) is 5.88 Å². The van der Waals surface area contributed by atoms with Crippen LogP contribution in [0, 0.1) is 0 Å². The molecule has 178 valence electrons. The van der Waals surface area contributed by atoms with Gasteiger partial charge in [0.05, 0.1) is 12.9 Å². The fourth-order valence-corrected chi connectivity index (χ4v) is 13.5. The van der Waals surface area contributed by atoms with Crippen molar-refractivity contribution in [1.82, 2.24) is 19.5 Å². The molecule has 9 nitrogen and oxygen atoms in total. The smallest absolute Gasteiger partial charge is 0.242 e. The zero-order valence-corrected chi connectivity index (χ0v) is 23.0. The molecule has 2 aliphatic heterocycles. The van der Waals surface area contributed by atoms with Gasteiger partial charge in [-0.15, -0.1) is 0 Å². The van der Waals surface area contributed by atoms with E-state index in [1.807, 2.05) is 0 Å². The normalized spacial score (nSPS) is 28.6. The zero-order valence-electron chi connectivity index (χ0n) is 18.7. The predicted octanol–water partition coefficient (Wildman–Crippen LogP) is 3.90. The number of hydrogen-bond acceptors (Lipinski definition) is 11. The van der Waals surface area contributed by atoms with Crippen LogP contribution in [-0.4, -0.2) is 74.5 Å². The van der Waals surface area contributed by atoms with Crippen LogP contribution in [0.3, 0.4) is 0 Å². The quantitative estimate of drug-likeness (QED) is 0.414. The van der Waals surface area contributed by atoms with Crippen LogP contribution in [0.15, 0.2) is 12.7 Å². The monoisotopic (exact) mass is 536 g/mol. The van der Waals surface area contributed by atoms with Gasteiger partial charge in [-0.3, -0.25) is 4.57 Å². The van der Waals surface area contributed by atoms with Crippen LogP contribution in [0.25, 0.3) is 11.2 Å². The van der Waals surface area contributed by atoms with Crippen molar-refractivity contribution in [3.63, 3.8) is 0 Å². The molecule has 2 saturated heterocycles. The number of hydrogen-bond donors (Lipinski definition) is 2. The summed E-state index contributed by atoms with van der Waals surface area (Å²) >= 11 is 9.14. The van der Waals surface area contributed by atoms with E-state index in [9.17, 15) is 10.2 Å². The maximum atomic E-state index is 11.3. The van der Waals surface area contributed by atoms with Gasteiger partial charge in [-0.2, -0.15) is 4.98 Å². The van der Waals surface area contributed by atoms with Gasteiger partial charge in [0, 0.05) is 11.5 Å². The van der Waals surface area contributed by atoms with Gasteiger partial charge in [-0.1, -0.05) is 43.5 Å². The number of ether oxygens (including phenoxy) is 1. The fraction of sp³-hybridized carbons (Fsp3) is 0.722. The van der Waals surface area contributed by atoms with E-state index in [2.05, 4.69) is 48.8 Å². The lowest BCUT2D eigenvalue weighted by Gasteiger charge is -2.40. The predicted molar refractivity (Wildman–Crippen MR) is 134 cm³/mol. The average molecular weight is 537 g/mol. The number of rotatable bonds is 6. The Labute approximate surface area is 201 Å². The first kappa shape index (κ1) is 24.9. The van der Waals surface area contributed by atoms with E-state index in [1.54, 1.807) is 27.3 Å². The van der Waals surface area contributed by atoms with Crippen molar-refractivity contribution in [2.24, 2.45) is 0 Å². The van der Waals surface area contributed by atoms with E-state index in [4.69, 9.17) is 25.5 Å². The van der Waals surface area contributed by atoms with Crippen LogP contribution in [0.2, 0.25) is 18.1 Å². The molecule has 0 unspecified atom stereocenters. The van der Waals surface area contributed by atoms with Crippen molar-refractivity contribution in [3.05, 3.63) is 12.7 Å². The maximum Gasteiger partial charge on any atom is 0.242 e. The molecule has 0 saturated carbocycles. The highest BCUT2D eigenvalue weighted by Gasteiger charge is 2.51. The van der Waals surface area contributed by atoms with Gasteiger partial charge < -0.3 is 23.9 Å². The molecule has 0 spiro atoms. The largest absolute Gasteiger partial charge is 0.492 e. The van der Waals surface area contributed by atoms with Crippen molar-refractivity contribution >= 4 is 58.7 Å². The van der Waals surface area contributed by atoms with E-state index in [0.29, 0.717) is 5.65 Å². The first-order valence-corrected chi connectivity index (χ1v) is 19.1. The Morgan fingerprint density at radius 2 is 1.97 bits per heavy atom. The van der Waals surface area contributed by atoms with Crippen LogP contribution >= 0.6 is 27.4 Å². The van der Waals surface area contributed by atoms with E-state index >= 15 is 0 Å². The molecule has 2 fully saturated rings. The molecule has 2 aromatic heterocycles. The summed E-state index contributed by atoms with van der Waals surface area (Å²) in [4.78, 5) is 12.2. The summed E-state index contributed by atoms with van der Waals surface area (Å²) in [6.07, 6.45) is -0.117. The molecule has 0 aliphatic carbocycles. The first-order valence-electron chi connectivity index (χ1n) is 10.3. The van der Waals surface area contributed by atoms with Crippen LogP contribution in [0.4, 0.5) is 0 Å². The Morgan fingerprint density at radius 1 is 1.28 bits per heavy atom. The summed E-state index contributed by atoms with van der Waals surface area (Å²) in [5.74, 6) is 1.77. The molecule has 4 atom stereocenters. The molecular weight excluding hydrogens is 507 g/mol. The topological polar surface area (TPSA) is 112 Å². The van der Waals surface area contributed by atoms with Crippen LogP contribution in [0.5, 0.6) is 5.88 Å². The third-order valence-corrected chi connectivity index (χ3v) is 20.5. The number of aromatic nitrogens is 4. The van der Waals surface area contributed by atoms with Gasteiger partial charge >= 0.3 is 0 Å². The molecule has 0 radical (unpaired) electrons. The summed E-state index contributed by atoms with van der Waals surface area (Å²) in [7, 11) is -2.22. The molecule has 4 rings (SSSR count). The summed E-state index contributed by atoms with van der Waals surface area (Å²) < 4.78 is 18.7. The van der Waals surface area contributed by atoms with Crippen LogP contribution in [-0.2, 0) is 25.5 Å².